The summed E-state index contributed by atoms with van der Waals surface area (Å²) >= 11 is 0. The van der Waals surface area contributed by atoms with Crippen molar-refractivity contribution < 1.29 is 29.5 Å². The van der Waals surface area contributed by atoms with Crippen LogP contribution < -0.4 is 0 Å². The molecule has 0 atom stereocenters. The molecule has 0 saturated heterocycles. The van der Waals surface area contributed by atoms with Crippen LogP contribution in [0.3, 0.4) is 0 Å². The van der Waals surface area contributed by atoms with Gasteiger partial charge in [0.2, 0.25) is 10.0 Å². The summed E-state index contributed by atoms with van der Waals surface area (Å²) in [6.45, 7) is 0. The largest absolute Gasteiger partial charge is 2.00 e. The Bertz CT molecular complexity index is 348. The molecule has 0 aliphatic heterocycles. The Hall–Kier alpha value is -0.182. The quantitative estimate of drug-likeness (QED) is 0.723. The number of benzene rings is 1. The molecule has 0 amide bonds. The molecule has 0 N–H and O–H groups in total. The van der Waals surface area contributed by atoms with Crippen LogP contribution in [0.4, 0.5) is 0 Å². The molecule has 0 spiro atoms. The third-order valence-corrected chi connectivity index (χ3v) is 3.30. The van der Waals surface area contributed by atoms with Crippen molar-refractivity contribution in [3.63, 3.8) is 0 Å². The van der Waals surface area contributed by atoms with Crippen LogP contribution in [0.25, 0.3) is 0 Å². The van der Waals surface area contributed by atoms with Crippen molar-refractivity contribution in [3.8, 4) is 0 Å². The van der Waals surface area contributed by atoms with E-state index >= 15 is 0 Å². The predicted molar refractivity (Wildman–Crippen MR) is 46.2 cm³/mol. The van der Waals surface area contributed by atoms with E-state index < -0.39 is 10.0 Å². The third-order valence-electron chi connectivity index (χ3n) is 1.47. The summed E-state index contributed by atoms with van der Waals surface area (Å²) in [5.41, 5.74) is 0. The van der Waals surface area contributed by atoms with Crippen LogP contribution in [0.5, 0.6) is 0 Å². The first-order chi connectivity index (χ1) is 5.55. The van der Waals surface area contributed by atoms with Crippen molar-refractivity contribution in [2.24, 2.45) is 0 Å². The van der Waals surface area contributed by atoms with Crippen molar-refractivity contribution in [3.05, 3.63) is 30.3 Å². The number of nitrogens with zero attached hydrogens (tertiary/aromatic N) is 1. The van der Waals surface area contributed by atoms with Gasteiger partial charge in [0.1, 0.15) is 0 Å². The van der Waals surface area contributed by atoms with Gasteiger partial charge >= 0.3 is 21.1 Å². The molecule has 0 heterocycles. The zero-order valence-electron chi connectivity index (χ0n) is 7.39. The van der Waals surface area contributed by atoms with Gasteiger partial charge in [0.15, 0.2) is 0 Å². The fourth-order valence-electron chi connectivity index (χ4n) is 0.754. The number of hydrogen-bond acceptors (Lipinski definition) is 2. The van der Waals surface area contributed by atoms with Gasteiger partial charge in [0.05, 0.1) is 0 Å². The van der Waals surface area contributed by atoms with Crippen LogP contribution in [0, 0.1) is 6.07 Å². The maximum atomic E-state index is 11.4. The molecule has 1 aromatic rings. The van der Waals surface area contributed by atoms with Crippen molar-refractivity contribution in [2.45, 2.75) is 4.90 Å². The zero-order chi connectivity index (χ0) is 9.19. The van der Waals surface area contributed by atoms with Crippen molar-refractivity contribution >= 4 is 10.0 Å². The van der Waals surface area contributed by atoms with Gasteiger partial charge in [-0.1, -0.05) is 0 Å². The van der Waals surface area contributed by atoms with Gasteiger partial charge in [-0.25, -0.2) is 12.7 Å². The fourth-order valence-corrected chi connectivity index (χ4v) is 1.66. The summed E-state index contributed by atoms with van der Waals surface area (Å²) in [5, 5.41) is 0. The number of rotatable bonds is 2. The van der Waals surface area contributed by atoms with Gasteiger partial charge in [-0.3, -0.25) is 0 Å². The second-order valence-corrected chi connectivity index (χ2v) is 4.67. The molecule has 1 aromatic carbocycles. The Labute approximate surface area is 93.1 Å². The average molecular weight is 368 g/mol. The summed E-state index contributed by atoms with van der Waals surface area (Å²) in [4.78, 5) is 0.297. The molecule has 70 valence electrons. The number of sulfonamides is 1. The molecule has 0 radical (unpaired) electrons. The van der Waals surface area contributed by atoms with Crippen LogP contribution in [-0.4, -0.2) is 26.8 Å². The maximum Gasteiger partial charge on any atom is 2.00 e. The Morgan fingerprint density at radius 2 is 1.69 bits per heavy atom. The average Bonchev–Trinajstić information content (AvgIpc) is 2.06. The van der Waals surface area contributed by atoms with Crippen molar-refractivity contribution in [1.29, 1.82) is 0 Å². The fraction of sp³-hybridized carbons (Fsp3) is 0.250. The molecule has 0 bridgehead atoms. The normalized spacial score (nSPS) is 11.0. The second-order valence-electron chi connectivity index (χ2n) is 2.52. The molecule has 0 saturated carbocycles. The van der Waals surface area contributed by atoms with E-state index in [2.05, 4.69) is 6.07 Å². The van der Waals surface area contributed by atoms with Crippen LogP contribution >= 0.6 is 0 Å². The maximum absolute atomic E-state index is 11.4. The van der Waals surface area contributed by atoms with Crippen LogP contribution in [-0.2, 0) is 31.1 Å². The Morgan fingerprint density at radius 1 is 1.23 bits per heavy atom. The Balaban J connectivity index is 0.00000144. The van der Waals surface area contributed by atoms with Gasteiger partial charge in [-0.2, -0.15) is 30.3 Å². The van der Waals surface area contributed by atoms with E-state index in [9.17, 15) is 8.42 Å². The smallest absolute Gasteiger partial charge is 0.209 e. The van der Waals surface area contributed by atoms with E-state index in [0.717, 1.165) is 0 Å². The number of hydrogen-bond donors (Lipinski definition) is 0. The van der Waals surface area contributed by atoms with Gasteiger partial charge in [-0.15, -0.1) is 0 Å². The van der Waals surface area contributed by atoms with Crippen LogP contribution in [0.15, 0.2) is 29.2 Å². The third kappa shape index (κ3) is 2.90. The van der Waals surface area contributed by atoms with Crippen LogP contribution in [0.1, 0.15) is 0 Å². The topological polar surface area (TPSA) is 37.4 Å². The molecule has 1 rings (SSSR count). The van der Waals surface area contributed by atoms with Gasteiger partial charge in [0, 0.05) is 14.1 Å². The first-order valence-electron chi connectivity index (χ1n) is 3.44. The minimum atomic E-state index is -3.26. The minimum absolute atomic E-state index is 0. The Morgan fingerprint density at radius 3 is 2.08 bits per heavy atom. The van der Waals surface area contributed by atoms with E-state index in [-0.39, 0.29) is 21.1 Å². The molecule has 0 fully saturated rings. The van der Waals surface area contributed by atoms with Gasteiger partial charge in [-0.05, 0) is 4.90 Å². The summed E-state index contributed by atoms with van der Waals surface area (Å²) in [5.74, 6) is 0. The van der Waals surface area contributed by atoms with E-state index in [1.807, 2.05) is 0 Å². The van der Waals surface area contributed by atoms with E-state index in [0.29, 0.717) is 4.90 Å². The van der Waals surface area contributed by atoms with E-state index in [1.165, 1.54) is 30.5 Å². The van der Waals surface area contributed by atoms with Crippen molar-refractivity contribution in [2.75, 3.05) is 14.1 Å². The van der Waals surface area contributed by atoms with E-state index in [1.54, 1.807) is 12.1 Å². The molecular weight excluding hydrogens is 358 g/mol. The predicted octanol–water partition coefficient (Wildman–Crippen LogP) is 0.735. The molecule has 0 aliphatic carbocycles. The van der Waals surface area contributed by atoms with Gasteiger partial charge in [0.25, 0.3) is 0 Å². The summed E-state index contributed by atoms with van der Waals surface area (Å²) in [6.07, 6.45) is 0. The molecule has 0 aliphatic rings. The van der Waals surface area contributed by atoms with Crippen LogP contribution in [0.2, 0.25) is 0 Å². The monoisotopic (exact) mass is 368 g/mol. The molecule has 3 nitrogen and oxygen atoms in total. The Kier molecular flexibility index (Phi) is 4.82. The zero-order valence-corrected chi connectivity index (χ0v) is 11.1. The molecule has 0 unspecified atom stereocenters. The molecule has 0 aromatic heterocycles. The molecular formula is C8H10NO2SW+. The standard InChI is InChI=1S/C8H10NO2S.W/c1-9(2)12(10,11)8-6-4-3-5-7-8;/h4-7H,1-2H3;/q-1;+2. The first-order valence-corrected chi connectivity index (χ1v) is 4.88. The molecule has 13 heavy (non-hydrogen) atoms. The summed E-state index contributed by atoms with van der Waals surface area (Å²) < 4.78 is 24.1. The second kappa shape index (κ2) is 4.89. The van der Waals surface area contributed by atoms with Gasteiger partial charge < -0.3 is 0 Å². The molecule has 5 heteroatoms. The summed E-state index contributed by atoms with van der Waals surface area (Å²) in [7, 11) is -0.252. The minimum Gasteiger partial charge on any atom is -0.209 e. The van der Waals surface area contributed by atoms with E-state index in [4.69, 9.17) is 0 Å². The van der Waals surface area contributed by atoms with Crippen molar-refractivity contribution in [1.82, 2.24) is 4.31 Å². The summed E-state index contributed by atoms with van der Waals surface area (Å²) in [6, 6.07) is 8.97. The SMILES string of the molecule is CN(C)S(=O)(=O)c1cc[c-]cc1.[W+2]. The first kappa shape index (κ1) is 12.8.